The first-order chi connectivity index (χ1) is 5.54. The van der Waals surface area contributed by atoms with Crippen LogP contribution >= 0.6 is 27.3 Å². The zero-order valence-corrected chi connectivity index (χ0v) is 10.1. The standard InChI is InChI=1S/C9H14BrNS/c1-9(2,3)7-6-12-8(11-7)4-5-10/h6H,4-5H2,1-3H3. The molecule has 12 heavy (non-hydrogen) atoms. The quantitative estimate of drug-likeness (QED) is 0.731. The first kappa shape index (κ1) is 10.2. The molecule has 0 aromatic carbocycles. The summed E-state index contributed by atoms with van der Waals surface area (Å²) in [5.41, 5.74) is 1.41. The van der Waals surface area contributed by atoms with Gasteiger partial charge >= 0.3 is 0 Å². The highest BCUT2D eigenvalue weighted by atomic mass is 79.9. The molecule has 0 saturated heterocycles. The van der Waals surface area contributed by atoms with Crippen molar-refractivity contribution in [3.63, 3.8) is 0 Å². The first-order valence-corrected chi connectivity index (χ1v) is 6.05. The molecule has 0 saturated carbocycles. The van der Waals surface area contributed by atoms with Crippen LogP contribution in [0.2, 0.25) is 0 Å². The molecule has 1 aromatic rings. The molecule has 0 aliphatic carbocycles. The fourth-order valence-electron chi connectivity index (χ4n) is 0.851. The summed E-state index contributed by atoms with van der Waals surface area (Å²) in [6.07, 6.45) is 1.04. The van der Waals surface area contributed by atoms with Crippen LogP contribution < -0.4 is 0 Å². The number of hydrogen-bond acceptors (Lipinski definition) is 2. The van der Waals surface area contributed by atoms with Gasteiger partial charge in [0.1, 0.15) is 0 Å². The minimum absolute atomic E-state index is 0.195. The lowest BCUT2D eigenvalue weighted by molar-refractivity contribution is 0.571. The Hall–Kier alpha value is 0.110. The molecule has 68 valence electrons. The van der Waals surface area contributed by atoms with Crippen molar-refractivity contribution in [2.45, 2.75) is 32.6 Å². The molecule has 0 spiro atoms. The summed E-state index contributed by atoms with van der Waals surface area (Å²) in [5.74, 6) is 0. The van der Waals surface area contributed by atoms with Crippen molar-refractivity contribution in [3.8, 4) is 0 Å². The molecule has 0 fully saturated rings. The Morgan fingerprint density at radius 1 is 1.50 bits per heavy atom. The summed E-state index contributed by atoms with van der Waals surface area (Å²) in [5, 5.41) is 4.40. The zero-order valence-electron chi connectivity index (χ0n) is 7.72. The van der Waals surface area contributed by atoms with Crippen LogP contribution in [0.1, 0.15) is 31.5 Å². The second kappa shape index (κ2) is 3.88. The van der Waals surface area contributed by atoms with E-state index >= 15 is 0 Å². The Labute approximate surface area is 86.3 Å². The van der Waals surface area contributed by atoms with E-state index in [-0.39, 0.29) is 5.41 Å². The van der Waals surface area contributed by atoms with E-state index in [0.29, 0.717) is 0 Å². The average molecular weight is 248 g/mol. The van der Waals surface area contributed by atoms with Gasteiger partial charge in [-0.2, -0.15) is 0 Å². The van der Waals surface area contributed by atoms with Crippen LogP contribution in [0.4, 0.5) is 0 Å². The summed E-state index contributed by atoms with van der Waals surface area (Å²) in [6.45, 7) is 6.58. The number of halogens is 1. The Morgan fingerprint density at radius 2 is 2.17 bits per heavy atom. The molecule has 0 radical (unpaired) electrons. The van der Waals surface area contributed by atoms with Gasteiger partial charge in [0.15, 0.2) is 0 Å². The number of rotatable bonds is 2. The molecule has 1 rings (SSSR count). The van der Waals surface area contributed by atoms with E-state index in [0.717, 1.165) is 11.8 Å². The van der Waals surface area contributed by atoms with E-state index < -0.39 is 0 Å². The largest absolute Gasteiger partial charge is 0.246 e. The van der Waals surface area contributed by atoms with Gasteiger partial charge in [0.2, 0.25) is 0 Å². The van der Waals surface area contributed by atoms with Crippen molar-refractivity contribution in [1.82, 2.24) is 4.98 Å². The molecule has 0 bridgehead atoms. The number of hydrogen-bond donors (Lipinski definition) is 0. The van der Waals surface area contributed by atoms with Crippen molar-refractivity contribution in [3.05, 3.63) is 16.1 Å². The van der Waals surface area contributed by atoms with E-state index in [1.807, 2.05) is 0 Å². The molecule has 0 aliphatic heterocycles. The third-order valence-electron chi connectivity index (χ3n) is 1.63. The van der Waals surface area contributed by atoms with Crippen LogP contribution in [0.5, 0.6) is 0 Å². The number of thiazole rings is 1. The van der Waals surface area contributed by atoms with Crippen molar-refractivity contribution in [2.75, 3.05) is 5.33 Å². The molecule has 0 aliphatic rings. The second-order valence-electron chi connectivity index (χ2n) is 3.82. The lowest BCUT2D eigenvalue weighted by atomic mass is 9.93. The zero-order chi connectivity index (χ0) is 9.19. The first-order valence-electron chi connectivity index (χ1n) is 4.05. The number of alkyl halides is 1. The van der Waals surface area contributed by atoms with E-state index in [4.69, 9.17) is 0 Å². The minimum atomic E-state index is 0.195. The molecule has 0 unspecified atom stereocenters. The highest BCUT2D eigenvalue weighted by molar-refractivity contribution is 9.09. The fraction of sp³-hybridized carbons (Fsp3) is 0.667. The van der Waals surface area contributed by atoms with Crippen LogP contribution in [0, 0.1) is 0 Å². The third kappa shape index (κ3) is 2.56. The van der Waals surface area contributed by atoms with Gasteiger partial charge in [-0.15, -0.1) is 11.3 Å². The molecule has 0 atom stereocenters. The maximum atomic E-state index is 4.56. The van der Waals surface area contributed by atoms with Crippen LogP contribution in [0.25, 0.3) is 0 Å². The molecule has 1 heterocycles. The molecule has 0 N–H and O–H groups in total. The van der Waals surface area contributed by atoms with Gasteiger partial charge < -0.3 is 0 Å². The van der Waals surface area contributed by atoms with Gasteiger partial charge in [-0.1, -0.05) is 36.7 Å². The summed E-state index contributed by atoms with van der Waals surface area (Å²) >= 11 is 5.17. The fourth-order valence-corrected chi connectivity index (χ4v) is 2.51. The van der Waals surface area contributed by atoms with E-state index in [9.17, 15) is 0 Å². The van der Waals surface area contributed by atoms with Gasteiger partial charge in [0, 0.05) is 22.5 Å². The Kier molecular flexibility index (Phi) is 3.29. The summed E-state index contributed by atoms with van der Waals surface area (Å²) in [6, 6.07) is 0. The predicted molar refractivity (Wildman–Crippen MR) is 58.3 cm³/mol. The van der Waals surface area contributed by atoms with Gasteiger partial charge in [-0.25, -0.2) is 4.98 Å². The van der Waals surface area contributed by atoms with Crippen molar-refractivity contribution >= 4 is 27.3 Å². The van der Waals surface area contributed by atoms with E-state index in [1.165, 1.54) is 10.7 Å². The smallest absolute Gasteiger partial charge is 0.0936 e. The highest BCUT2D eigenvalue weighted by Crippen LogP contribution is 2.24. The summed E-state index contributed by atoms with van der Waals surface area (Å²) in [4.78, 5) is 4.56. The SMILES string of the molecule is CC(C)(C)c1csc(CCBr)n1. The molecular formula is C9H14BrNS. The van der Waals surface area contributed by atoms with Gasteiger partial charge in [-0.3, -0.25) is 0 Å². The topological polar surface area (TPSA) is 12.9 Å². The third-order valence-corrected chi connectivity index (χ3v) is 2.93. The number of aryl methyl sites for hydroxylation is 1. The monoisotopic (exact) mass is 247 g/mol. The average Bonchev–Trinajstić information content (AvgIpc) is 2.35. The molecule has 1 aromatic heterocycles. The molecule has 3 heteroatoms. The Bertz CT molecular complexity index is 249. The predicted octanol–water partition coefficient (Wildman–Crippen LogP) is 3.38. The maximum Gasteiger partial charge on any atom is 0.0936 e. The summed E-state index contributed by atoms with van der Waals surface area (Å²) in [7, 11) is 0. The minimum Gasteiger partial charge on any atom is -0.246 e. The number of nitrogens with zero attached hydrogens (tertiary/aromatic N) is 1. The molecule has 1 nitrogen and oxygen atoms in total. The van der Waals surface area contributed by atoms with Crippen molar-refractivity contribution in [2.24, 2.45) is 0 Å². The van der Waals surface area contributed by atoms with E-state index in [1.54, 1.807) is 11.3 Å². The summed E-state index contributed by atoms with van der Waals surface area (Å²) < 4.78 is 0. The Balaban J connectivity index is 2.77. The number of aromatic nitrogens is 1. The lowest BCUT2D eigenvalue weighted by Crippen LogP contribution is -2.11. The van der Waals surface area contributed by atoms with Crippen LogP contribution in [-0.4, -0.2) is 10.3 Å². The molecule has 0 amide bonds. The van der Waals surface area contributed by atoms with Crippen LogP contribution in [0.15, 0.2) is 5.38 Å². The Morgan fingerprint density at radius 3 is 2.58 bits per heavy atom. The lowest BCUT2D eigenvalue weighted by Gasteiger charge is -2.14. The maximum absolute atomic E-state index is 4.56. The van der Waals surface area contributed by atoms with Crippen LogP contribution in [-0.2, 0) is 11.8 Å². The second-order valence-corrected chi connectivity index (χ2v) is 5.55. The van der Waals surface area contributed by atoms with Gasteiger partial charge in [0.25, 0.3) is 0 Å². The normalized spacial score (nSPS) is 12.0. The highest BCUT2D eigenvalue weighted by Gasteiger charge is 2.16. The van der Waals surface area contributed by atoms with Gasteiger partial charge in [-0.05, 0) is 0 Å². The van der Waals surface area contributed by atoms with Crippen LogP contribution in [0.3, 0.4) is 0 Å². The van der Waals surface area contributed by atoms with Crippen molar-refractivity contribution in [1.29, 1.82) is 0 Å². The molecular weight excluding hydrogens is 234 g/mol. The van der Waals surface area contributed by atoms with E-state index in [2.05, 4.69) is 47.1 Å². The van der Waals surface area contributed by atoms with Gasteiger partial charge in [0.05, 0.1) is 10.7 Å². The van der Waals surface area contributed by atoms with Crippen molar-refractivity contribution < 1.29 is 0 Å².